The van der Waals surface area contributed by atoms with Crippen molar-refractivity contribution < 1.29 is 44.3 Å². The number of carboxylic acids is 1. The van der Waals surface area contributed by atoms with Crippen LogP contribution in [-0.2, 0) is 16.0 Å². The zero-order chi connectivity index (χ0) is 16.5. The summed E-state index contributed by atoms with van der Waals surface area (Å²) in [6.45, 7) is 2.64. The second-order valence-corrected chi connectivity index (χ2v) is 5.56. The first-order chi connectivity index (χ1) is 10.5. The minimum Gasteiger partial charge on any atom is -0.548 e. The predicted molar refractivity (Wildman–Crippen MR) is 86.4 cm³/mol. The summed E-state index contributed by atoms with van der Waals surface area (Å²) in [6, 6.07) is 6.37. The van der Waals surface area contributed by atoms with Crippen LogP contribution in [0.4, 0.5) is 5.69 Å². The van der Waals surface area contributed by atoms with E-state index < -0.39 is 17.9 Å². The number of nitrogens with one attached hydrogen (secondary N) is 1. The van der Waals surface area contributed by atoms with Gasteiger partial charge in [-0.05, 0) is 24.1 Å². The van der Waals surface area contributed by atoms with E-state index in [1.54, 1.807) is 0 Å². The second kappa shape index (κ2) is 12.0. The van der Waals surface area contributed by atoms with Crippen LogP contribution in [0.25, 0.3) is 0 Å². The second-order valence-electron chi connectivity index (χ2n) is 4.81. The number of benzene rings is 1. The maximum atomic E-state index is 11.0. The molecule has 0 radical (unpaired) electrons. The first-order valence-electron chi connectivity index (χ1n) is 6.91. The van der Waals surface area contributed by atoms with E-state index in [0.717, 1.165) is 11.3 Å². The fourth-order valence-corrected chi connectivity index (χ4v) is 2.50. The van der Waals surface area contributed by atoms with Crippen molar-refractivity contribution in [1.82, 2.24) is 5.32 Å². The van der Waals surface area contributed by atoms with Crippen LogP contribution in [-0.4, -0.2) is 42.8 Å². The number of aliphatic carboxylic acids is 1. The Hall–Kier alpha value is -0.460. The molecule has 0 fully saturated rings. The standard InChI is InChI=1S/C15H20Cl2N2O3.Na/c1-11(20)18-14(15(21)22)10-12-2-4-13(5-3-12)19(8-6-16)9-7-17;/h2-5,14H,6-10H2,1H3,(H,18,20)(H,21,22);/q;+1/p-1/t14-;/m0./s1. The molecular weight excluding hydrogens is 350 g/mol. The summed E-state index contributed by atoms with van der Waals surface area (Å²) in [5, 5.41) is 13.4. The molecule has 23 heavy (non-hydrogen) atoms. The summed E-state index contributed by atoms with van der Waals surface area (Å²) >= 11 is 11.5. The predicted octanol–water partition coefficient (Wildman–Crippen LogP) is -2.23. The van der Waals surface area contributed by atoms with Gasteiger partial charge in [-0.2, -0.15) is 0 Å². The fourth-order valence-electron chi connectivity index (χ4n) is 2.09. The van der Waals surface area contributed by atoms with Crippen LogP contribution in [0, 0.1) is 0 Å². The Bertz CT molecular complexity index is 494. The molecule has 0 heterocycles. The number of hydrogen-bond donors (Lipinski definition) is 1. The minimum absolute atomic E-state index is 0. The molecule has 0 aliphatic rings. The molecule has 8 heteroatoms. The molecule has 0 spiro atoms. The van der Waals surface area contributed by atoms with Crippen LogP contribution in [0.2, 0.25) is 0 Å². The number of nitrogens with zero attached hydrogens (tertiary/aromatic N) is 1. The maximum Gasteiger partial charge on any atom is 1.00 e. The van der Waals surface area contributed by atoms with Crippen molar-refractivity contribution in [2.45, 2.75) is 19.4 Å². The number of anilines is 1. The molecule has 0 aliphatic carbocycles. The molecule has 0 bridgehead atoms. The van der Waals surface area contributed by atoms with Gasteiger partial charge in [-0.15, -0.1) is 23.2 Å². The van der Waals surface area contributed by atoms with Gasteiger partial charge in [0.25, 0.3) is 0 Å². The first-order valence-corrected chi connectivity index (χ1v) is 7.98. The van der Waals surface area contributed by atoms with Gasteiger partial charge in [-0.3, -0.25) is 4.79 Å². The van der Waals surface area contributed by atoms with Crippen LogP contribution < -0.4 is 44.9 Å². The van der Waals surface area contributed by atoms with Gasteiger partial charge >= 0.3 is 29.6 Å². The quantitative estimate of drug-likeness (QED) is 0.395. The van der Waals surface area contributed by atoms with Gasteiger partial charge in [-0.25, -0.2) is 0 Å². The van der Waals surface area contributed by atoms with E-state index in [0.29, 0.717) is 24.8 Å². The maximum absolute atomic E-state index is 11.0. The topological polar surface area (TPSA) is 72.5 Å². The molecule has 1 rings (SSSR count). The summed E-state index contributed by atoms with van der Waals surface area (Å²) in [4.78, 5) is 24.1. The molecule has 1 atom stereocenters. The third-order valence-corrected chi connectivity index (χ3v) is 3.45. The summed E-state index contributed by atoms with van der Waals surface area (Å²) in [5.41, 5.74) is 1.76. The number of hydrogen-bond acceptors (Lipinski definition) is 4. The molecule has 0 saturated carbocycles. The molecule has 1 aromatic carbocycles. The molecule has 5 nitrogen and oxygen atoms in total. The van der Waals surface area contributed by atoms with Crippen molar-refractivity contribution in [1.29, 1.82) is 0 Å². The van der Waals surface area contributed by atoms with Gasteiger partial charge in [0, 0.05) is 37.5 Å². The molecule has 0 unspecified atom stereocenters. The molecule has 1 N–H and O–H groups in total. The van der Waals surface area contributed by atoms with Gasteiger partial charge in [0.1, 0.15) is 0 Å². The molecule has 0 aliphatic heterocycles. The Labute approximate surface area is 168 Å². The van der Waals surface area contributed by atoms with Crippen molar-refractivity contribution in [2.75, 3.05) is 29.7 Å². The van der Waals surface area contributed by atoms with Gasteiger partial charge in [-0.1, -0.05) is 12.1 Å². The average Bonchev–Trinajstić information content (AvgIpc) is 2.46. The average molecular weight is 369 g/mol. The van der Waals surface area contributed by atoms with Gasteiger partial charge in [0.05, 0.1) is 12.0 Å². The van der Waals surface area contributed by atoms with Crippen molar-refractivity contribution in [2.24, 2.45) is 0 Å². The summed E-state index contributed by atoms with van der Waals surface area (Å²) in [5.74, 6) is -0.714. The van der Waals surface area contributed by atoms with Crippen molar-refractivity contribution in [3.05, 3.63) is 29.8 Å². The number of halogens is 2. The third kappa shape index (κ3) is 8.27. The third-order valence-electron chi connectivity index (χ3n) is 3.11. The fraction of sp³-hybridized carbons (Fsp3) is 0.467. The van der Waals surface area contributed by atoms with Crippen molar-refractivity contribution in [3.8, 4) is 0 Å². The Balaban J connectivity index is 0.00000484. The van der Waals surface area contributed by atoms with Crippen LogP contribution >= 0.6 is 23.2 Å². The van der Waals surface area contributed by atoms with Crippen LogP contribution in [0.5, 0.6) is 0 Å². The van der Waals surface area contributed by atoms with Crippen LogP contribution in [0.1, 0.15) is 12.5 Å². The van der Waals surface area contributed by atoms with Crippen molar-refractivity contribution in [3.63, 3.8) is 0 Å². The largest absolute Gasteiger partial charge is 1.00 e. The number of amides is 1. The number of carboxylic acid groups (broad SMARTS) is 1. The van der Waals surface area contributed by atoms with Gasteiger partial charge in [0.2, 0.25) is 5.91 Å². The molecule has 0 saturated heterocycles. The van der Waals surface area contributed by atoms with E-state index in [9.17, 15) is 14.7 Å². The normalized spacial score (nSPS) is 11.3. The zero-order valence-corrected chi connectivity index (χ0v) is 16.9. The number of carbonyl (C=O) groups is 2. The molecule has 0 aromatic heterocycles. The van der Waals surface area contributed by atoms with Crippen LogP contribution in [0.15, 0.2) is 24.3 Å². The molecule has 1 amide bonds. The van der Waals surface area contributed by atoms with Gasteiger partial charge < -0.3 is 20.1 Å². The Morgan fingerprint density at radius 1 is 1.17 bits per heavy atom. The molecule has 122 valence electrons. The smallest absolute Gasteiger partial charge is 0.548 e. The molecular formula is C15H19Cl2N2NaO3. The number of carbonyl (C=O) groups excluding carboxylic acids is 2. The number of rotatable bonds is 9. The summed E-state index contributed by atoms with van der Waals surface area (Å²) < 4.78 is 0. The van der Waals surface area contributed by atoms with E-state index in [-0.39, 0.29) is 36.0 Å². The zero-order valence-electron chi connectivity index (χ0n) is 13.4. The monoisotopic (exact) mass is 368 g/mol. The first kappa shape index (κ1) is 22.5. The summed E-state index contributed by atoms with van der Waals surface area (Å²) in [6.07, 6.45) is 0.174. The van der Waals surface area contributed by atoms with E-state index in [4.69, 9.17) is 23.2 Å². The van der Waals surface area contributed by atoms with E-state index in [2.05, 4.69) is 5.32 Å². The number of alkyl halides is 2. The van der Waals surface area contributed by atoms with Crippen LogP contribution in [0.3, 0.4) is 0 Å². The van der Waals surface area contributed by atoms with Crippen molar-refractivity contribution >= 4 is 40.8 Å². The molecule has 1 aromatic rings. The Kier molecular flexibility index (Phi) is 11.7. The Morgan fingerprint density at radius 3 is 2.09 bits per heavy atom. The van der Waals surface area contributed by atoms with Gasteiger partial charge in [0.15, 0.2) is 0 Å². The Morgan fingerprint density at radius 2 is 1.70 bits per heavy atom. The van der Waals surface area contributed by atoms with E-state index in [1.165, 1.54) is 6.92 Å². The van der Waals surface area contributed by atoms with E-state index >= 15 is 0 Å². The summed E-state index contributed by atoms with van der Waals surface area (Å²) in [7, 11) is 0. The minimum atomic E-state index is -1.30. The SMILES string of the molecule is CC(=O)N[C@@H](Cc1ccc(N(CCCl)CCCl)cc1)C(=O)[O-].[Na+]. The van der Waals surface area contributed by atoms with E-state index in [1.807, 2.05) is 29.2 Å².